The van der Waals surface area contributed by atoms with E-state index in [9.17, 15) is 9.18 Å². The van der Waals surface area contributed by atoms with E-state index in [2.05, 4.69) is 0 Å². The van der Waals surface area contributed by atoms with Crippen molar-refractivity contribution in [1.82, 2.24) is 0 Å². The molecule has 0 aliphatic carbocycles. The number of hydrogen-bond donors (Lipinski definition) is 1. The molecule has 0 aromatic heterocycles. The molecule has 1 N–H and O–H groups in total. The van der Waals surface area contributed by atoms with Crippen LogP contribution in [0.3, 0.4) is 0 Å². The molecule has 0 amide bonds. The number of carbonyl (C=O) groups is 1. The van der Waals surface area contributed by atoms with Crippen molar-refractivity contribution in [3.05, 3.63) is 23.5 Å². The normalized spacial score (nSPS) is 11.2. The first-order valence-electron chi connectivity index (χ1n) is 6.41. The first-order chi connectivity index (χ1) is 9.29. The van der Waals surface area contributed by atoms with Gasteiger partial charge in [0.1, 0.15) is 5.82 Å². The number of benzene rings is 1. The summed E-state index contributed by atoms with van der Waals surface area (Å²) in [7, 11) is 2.95. The van der Waals surface area contributed by atoms with E-state index in [-0.39, 0.29) is 17.7 Å². The number of carboxylic acid groups (broad SMARTS) is 1. The van der Waals surface area contributed by atoms with Crippen molar-refractivity contribution in [2.75, 3.05) is 14.2 Å². The number of rotatable bonds is 7. The molecule has 0 aliphatic heterocycles. The molecule has 20 heavy (non-hydrogen) atoms. The minimum Gasteiger partial charge on any atom is -0.493 e. The fourth-order valence-electron chi connectivity index (χ4n) is 2.06. The lowest BCUT2D eigenvalue weighted by molar-refractivity contribution is -0.139. The Morgan fingerprint density at radius 1 is 1.25 bits per heavy atom. The van der Waals surface area contributed by atoms with E-state index in [1.165, 1.54) is 20.3 Å². The third-order valence-corrected chi connectivity index (χ3v) is 3.25. The molecule has 0 fully saturated rings. The molecular weight excluding hydrogens is 263 g/mol. The zero-order valence-corrected chi connectivity index (χ0v) is 12.3. The Labute approximate surface area is 118 Å². The number of hydrogen-bond acceptors (Lipinski definition) is 3. The Bertz CT molecular complexity index is 483. The van der Waals surface area contributed by atoms with Gasteiger partial charge in [0.2, 0.25) is 0 Å². The summed E-state index contributed by atoms with van der Waals surface area (Å²) < 4.78 is 24.1. The van der Waals surface area contributed by atoms with Crippen LogP contribution < -0.4 is 9.47 Å². The topological polar surface area (TPSA) is 55.8 Å². The van der Waals surface area contributed by atoms with Gasteiger partial charge >= 0.3 is 5.97 Å². The Morgan fingerprint density at radius 2 is 1.80 bits per heavy atom. The monoisotopic (exact) mass is 284 g/mol. The SMILES string of the molecule is COc1cc(F)c(CCC(C)(C)CC(=O)O)cc1OC. The summed E-state index contributed by atoms with van der Waals surface area (Å²) in [5, 5.41) is 8.84. The van der Waals surface area contributed by atoms with Crippen LogP contribution in [0.25, 0.3) is 0 Å². The van der Waals surface area contributed by atoms with Crippen LogP contribution in [0.2, 0.25) is 0 Å². The molecule has 0 aliphatic rings. The maximum Gasteiger partial charge on any atom is 0.303 e. The molecule has 1 aromatic carbocycles. The molecule has 0 saturated carbocycles. The third-order valence-electron chi connectivity index (χ3n) is 3.25. The molecule has 5 heteroatoms. The second kappa shape index (κ2) is 6.59. The van der Waals surface area contributed by atoms with Gasteiger partial charge in [-0.15, -0.1) is 0 Å². The first-order valence-corrected chi connectivity index (χ1v) is 6.41. The van der Waals surface area contributed by atoms with Gasteiger partial charge in [-0.05, 0) is 29.9 Å². The highest BCUT2D eigenvalue weighted by molar-refractivity contribution is 5.67. The Kier molecular flexibility index (Phi) is 5.36. The van der Waals surface area contributed by atoms with Crippen LogP contribution >= 0.6 is 0 Å². The summed E-state index contributed by atoms with van der Waals surface area (Å²) in [6.45, 7) is 3.72. The highest BCUT2D eigenvalue weighted by Gasteiger charge is 2.22. The summed E-state index contributed by atoms with van der Waals surface area (Å²) in [5.74, 6) is -0.393. The van der Waals surface area contributed by atoms with E-state index >= 15 is 0 Å². The van der Waals surface area contributed by atoms with E-state index in [4.69, 9.17) is 14.6 Å². The molecule has 1 rings (SSSR count). The van der Waals surface area contributed by atoms with Crippen LogP contribution in [0.15, 0.2) is 12.1 Å². The largest absolute Gasteiger partial charge is 0.493 e. The van der Waals surface area contributed by atoms with Crippen LogP contribution in [0.1, 0.15) is 32.3 Å². The van der Waals surface area contributed by atoms with Gasteiger partial charge in [-0.1, -0.05) is 13.8 Å². The van der Waals surface area contributed by atoms with Gasteiger partial charge in [-0.2, -0.15) is 0 Å². The molecule has 0 unspecified atom stereocenters. The molecule has 112 valence electrons. The van der Waals surface area contributed by atoms with Gasteiger partial charge in [-0.3, -0.25) is 4.79 Å². The zero-order chi connectivity index (χ0) is 15.3. The number of carboxylic acids is 1. The molecule has 0 spiro atoms. The van der Waals surface area contributed by atoms with Crippen LogP contribution in [0.4, 0.5) is 4.39 Å². The fraction of sp³-hybridized carbons (Fsp3) is 0.533. The number of halogens is 1. The van der Waals surface area contributed by atoms with Crippen LogP contribution in [0, 0.1) is 11.2 Å². The van der Waals surface area contributed by atoms with E-state index in [1.54, 1.807) is 6.07 Å². The van der Waals surface area contributed by atoms with Crippen molar-refractivity contribution >= 4 is 5.97 Å². The van der Waals surface area contributed by atoms with E-state index < -0.39 is 5.97 Å². The summed E-state index contributed by atoms with van der Waals surface area (Å²) in [6, 6.07) is 2.89. The second-order valence-electron chi connectivity index (χ2n) is 5.53. The molecule has 0 bridgehead atoms. The average Bonchev–Trinajstić information content (AvgIpc) is 2.35. The van der Waals surface area contributed by atoms with Crippen molar-refractivity contribution in [3.63, 3.8) is 0 Å². The molecule has 0 radical (unpaired) electrons. The molecule has 0 atom stereocenters. The summed E-state index contributed by atoms with van der Waals surface area (Å²) >= 11 is 0. The van der Waals surface area contributed by atoms with E-state index in [1.807, 2.05) is 13.8 Å². The van der Waals surface area contributed by atoms with Crippen LogP contribution in [0.5, 0.6) is 11.5 Å². The lowest BCUT2D eigenvalue weighted by atomic mass is 9.83. The van der Waals surface area contributed by atoms with Gasteiger partial charge in [0, 0.05) is 6.07 Å². The van der Waals surface area contributed by atoms with Crippen molar-refractivity contribution < 1.29 is 23.8 Å². The van der Waals surface area contributed by atoms with Gasteiger partial charge < -0.3 is 14.6 Å². The van der Waals surface area contributed by atoms with Gasteiger partial charge in [0.25, 0.3) is 0 Å². The number of methoxy groups -OCH3 is 2. The standard InChI is InChI=1S/C15H21FO4/c1-15(2,9-14(17)18)6-5-10-7-12(19-3)13(20-4)8-11(10)16/h7-8H,5-6,9H2,1-4H3,(H,17,18). The Hall–Kier alpha value is -1.78. The lowest BCUT2D eigenvalue weighted by Crippen LogP contribution is -2.18. The van der Waals surface area contributed by atoms with Crippen molar-refractivity contribution in [3.8, 4) is 11.5 Å². The highest BCUT2D eigenvalue weighted by Crippen LogP contribution is 2.33. The zero-order valence-electron chi connectivity index (χ0n) is 12.3. The van der Waals surface area contributed by atoms with Crippen molar-refractivity contribution in [2.24, 2.45) is 5.41 Å². The fourth-order valence-corrected chi connectivity index (χ4v) is 2.06. The minimum atomic E-state index is -0.845. The predicted molar refractivity (Wildman–Crippen MR) is 73.9 cm³/mol. The second-order valence-corrected chi connectivity index (χ2v) is 5.53. The Morgan fingerprint density at radius 3 is 2.30 bits per heavy atom. The number of aryl methyl sites for hydroxylation is 1. The molecule has 0 heterocycles. The Balaban J connectivity index is 2.85. The molecule has 1 aromatic rings. The first kappa shape index (κ1) is 16.3. The maximum absolute atomic E-state index is 13.9. The van der Waals surface area contributed by atoms with Crippen LogP contribution in [-0.2, 0) is 11.2 Å². The smallest absolute Gasteiger partial charge is 0.303 e. The van der Waals surface area contributed by atoms with Gasteiger partial charge in [0.05, 0.1) is 20.6 Å². The van der Waals surface area contributed by atoms with E-state index in [0.29, 0.717) is 29.9 Å². The highest BCUT2D eigenvalue weighted by atomic mass is 19.1. The van der Waals surface area contributed by atoms with E-state index in [0.717, 1.165) is 0 Å². The molecule has 0 saturated heterocycles. The lowest BCUT2D eigenvalue weighted by Gasteiger charge is -2.22. The van der Waals surface area contributed by atoms with Gasteiger partial charge in [-0.25, -0.2) is 4.39 Å². The third kappa shape index (κ3) is 4.40. The summed E-state index contributed by atoms with van der Waals surface area (Å²) in [6.07, 6.45) is 1.08. The van der Waals surface area contributed by atoms with Gasteiger partial charge in [0.15, 0.2) is 11.5 Å². The predicted octanol–water partition coefficient (Wildman–Crippen LogP) is 3.28. The maximum atomic E-state index is 13.9. The van der Waals surface area contributed by atoms with Crippen molar-refractivity contribution in [1.29, 1.82) is 0 Å². The molecule has 4 nitrogen and oxygen atoms in total. The minimum absolute atomic E-state index is 0.0574. The van der Waals surface area contributed by atoms with Crippen LogP contribution in [-0.4, -0.2) is 25.3 Å². The summed E-state index contributed by atoms with van der Waals surface area (Å²) in [4.78, 5) is 10.8. The van der Waals surface area contributed by atoms with Crippen molar-refractivity contribution in [2.45, 2.75) is 33.1 Å². The number of aliphatic carboxylic acids is 1. The quantitative estimate of drug-likeness (QED) is 0.835. The average molecular weight is 284 g/mol. The summed E-state index contributed by atoms with van der Waals surface area (Å²) in [5.41, 5.74) is 0.118. The number of ether oxygens (including phenoxy) is 2. The molecular formula is C15H21FO4.